The van der Waals surface area contributed by atoms with Crippen molar-refractivity contribution >= 4 is 10.9 Å². The maximum atomic E-state index is 4.60. The molecule has 0 aliphatic carbocycles. The predicted molar refractivity (Wildman–Crippen MR) is 88.1 cm³/mol. The third kappa shape index (κ3) is 4.33. The number of hydrogen-bond acceptors (Lipinski definition) is 1. The van der Waals surface area contributed by atoms with E-state index in [4.69, 9.17) is 0 Å². The van der Waals surface area contributed by atoms with Gasteiger partial charge in [0.15, 0.2) is 0 Å². The molecule has 0 atom stereocenters. The van der Waals surface area contributed by atoms with Gasteiger partial charge in [-0.15, -0.1) is 0 Å². The molecule has 108 valence electrons. The van der Waals surface area contributed by atoms with Crippen molar-refractivity contribution in [1.29, 1.82) is 0 Å². The van der Waals surface area contributed by atoms with E-state index in [1.165, 1.54) is 16.5 Å². The summed E-state index contributed by atoms with van der Waals surface area (Å²) in [5, 5.41) is 1.27. The van der Waals surface area contributed by atoms with Gasteiger partial charge in [-0.2, -0.15) is 0 Å². The highest BCUT2D eigenvalue weighted by Gasteiger charge is 2.13. The topological polar surface area (TPSA) is 12.9 Å². The van der Waals surface area contributed by atoms with Crippen LogP contribution in [-0.2, 0) is 12.8 Å². The molecule has 2 aromatic rings. The van der Waals surface area contributed by atoms with Crippen LogP contribution in [0.2, 0.25) is 0 Å². The summed E-state index contributed by atoms with van der Waals surface area (Å²) in [4.78, 5) is 4.60. The minimum absolute atomic E-state index is 0.304. The molecule has 0 radical (unpaired) electrons. The molecule has 1 nitrogen and oxygen atoms in total. The van der Waals surface area contributed by atoms with Crippen molar-refractivity contribution in [2.45, 2.75) is 54.4 Å². The van der Waals surface area contributed by atoms with Crippen LogP contribution in [0.4, 0.5) is 0 Å². The number of fused-ring (bicyclic) bond motifs is 1. The monoisotopic (exact) mass is 269 g/mol. The number of hydrogen-bond donors (Lipinski definition) is 0. The quantitative estimate of drug-likeness (QED) is 0.710. The zero-order chi connectivity index (χ0) is 15.0. The number of aromatic nitrogens is 1. The van der Waals surface area contributed by atoms with E-state index in [0.29, 0.717) is 10.8 Å². The first-order valence-corrected chi connectivity index (χ1v) is 7.50. The highest BCUT2D eigenvalue weighted by molar-refractivity contribution is 5.79. The maximum absolute atomic E-state index is 4.60. The van der Waals surface area contributed by atoms with Crippen LogP contribution in [0.15, 0.2) is 30.5 Å². The molecular formula is C19H27N. The van der Waals surface area contributed by atoms with Crippen molar-refractivity contribution in [2.24, 2.45) is 10.8 Å². The molecule has 0 unspecified atom stereocenters. The Labute approximate surface area is 123 Å². The lowest BCUT2D eigenvalue weighted by Gasteiger charge is -2.19. The maximum Gasteiger partial charge on any atom is 0.0702 e. The summed E-state index contributed by atoms with van der Waals surface area (Å²) >= 11 is 0. The summed E-state index contributed by atoms with van der Waals surface area (Å²) in [6.07, 6.45) is 4.20. The van der Waals surface area contributed by atoms with E-state index in [0.717, 1.165) is 18.4 Å². The first kappa shape index (κ1) is 15.0. The molecule has 1 aromatic heterocycles. The molecule has 0 saturated heterocycles. The summed E-state index contributed by atoms with van der Waals surface area (Å²) < 4.78 is 0. The zero-order valence-electron chi connectivity index (χ0n) is 13.7. The molecular weight excluding hydrogens is 242 g/mol. The summed E-state index contributed by atoms with van der Waals surface area (Å²) in [5.41, 5.74) is 4.46. The van der Waals surface area contributed by atoms with Crippen LogP contribution in [0.3, 0.4) is 0 Å². The smallest absolute Gasteiger partial charge is 0.0702 e. The Morgan fingerprint density at radius 3 is 1.95 bits per heavy atom. The number of benzene rings is 1. The minimum Gasteiger partial charge on any atom is -0.256 e. The summed E-state index contributed by atoms with van der Waals surface area (Å²) in [7, 11) is 0. The van der Waals surface area contributed by atoms with E-state index in [9.17, 15) is 0 Å². The highest BCUT2D eigenvalue weighted by Crippen LogP contribution is 2.25. The van der Waals surface area contributed by atoms with Gasteiger partial charge in [0, 0.05) is 11.6 Å². The molecule has 0 amide bonds. The molecule has 1 heterocycles. The summed E-state index contributed by atoms with van der Waals surface area (Å²) in [6, 6.07) is 8.97. The fourth-order valence-corrected chi connectivity index (χ4v) is 2.66. The largest absolute Gasteiger partial charge is 0.256 e. The number of nitrogens with zero attached hydrogens (tertiary/aromatic N) is 1. The van der Waals surface area contributed by atoms with Gasteiger partial charge in [0.2, 0.25) is 0 Å². The van der Waals surface area contributed by atoms with Crippen LogP contribution in [0, 0.1) is 10.8 Å². The van der Waals surface area contributed by atoms with Crippen molar-refractivity contribution in [3.8, 4) is 0 Å². The van der Waals surface area contributed by atoms with Crippen LogP contribution in [0.25, 0.3) is 10.9 Å². The Balaban J connectivity index is 2.34. The number of pyridine rings is 1. The molecule has 0 aliphatic rings. The Morgan fingerprint density at radius 2 is 1.35 bits per heavy atom. The normalized spacial score (nSPS) is 12.9. The minimum atomic E-state index is 0.304. The molecule has 1 heteroatoms. The average Bonchev–Trinajstić information content (AvgIpc) is 2.23. The van der Waals surface area contributed by atoms with Gasteiger partial charge >= 0.3 is 0 Å². The van der Waals surface area contributed by atoms with E-state index in [1.807, 2.05) is 6.20 Å². The van der Waals surface area contributed by atoms with Crippen LogP contribution in [0.5, 0.6) is 0 Å². The number of rotatable bonds is 2. The molecule has 0 fully saturated rings. The fourth-order valence-electron chi connectivity index (χ4n) is 2.66. The van der Waals surface area contributed by atoms with Crippen molar-refractivity contribution in [3.05, 3.63) is 41.6 Å². The van der Waals surface area contributed by atoms with Gasteiger partial charge in [-0.3, -0.25) is 4.98 Å². The molecule has 20 heavy (non-hydrogen) atoms. The van der Waals surface area contributed by atoms with E-state index in [-0.39, 0.29) is 0 Å². The van der Waals surface area contributed by atoms with Crippen molar-refractivity contribution in [1.82, 2.24) is 4.98 Å². The fraction of sp³-hybridized carbons (Fsp3) is 0.526. The second kappa shape index (κ2) is 5.20. The van der Waals surface area contributed by atoms with E-state index in [1.54, 1.807) is 0 Å². The zero-order valence-corrected chi connectivity index (χ0v) is 13.7. The van der Waals surface area contributed by atoms with E-state index in [2.05, 4.69) is 70.8 Å². The molecule has 0 spiro atoms. The van der Waals surface area contributed by atoms with Crippen LogP contribution in [0.1, 0.15) is 52.7 Å². The lowest BCUT2D eigenvalue weighted by molar-refractivity contribution is 0.411. The third-order valence-corrected chi connectivity index (χ3v) is 3.27. The summed E-state index contributed by atoms with van der Waals surface area (Å²) in [5.74, 6) is 0. The van der Waals surface area contributed by atoms with E-state index >= 15 is 0 Å². The standard InChI is InChI=1S/C19H27N/c1-18(2,3)11-14-7-8-17-16(9-14)10-15(13-20-17)12-19(4,5)6/h7-10,13H,11-12H2,1-6H3. The van der Waals surface area contributed by atoms with Gasteiger partial charge in [-0.1, -0.05) is 47.6 Å². The molecule has 0 bridgehead atoms. The van der Waals surface area contributed by atoms with Gasteiger partial charge in [0.05, 0.1) is 5.52 Å². The summed E-state index contributed by atoms with van der Waals surface area (Å²) in [6.45, 7) is 13.7. The Morgan fingerprint density at radius 1 is 0.800 bits per heavy atom. The van der Waals surface area contributed by atoms with Crippen LogP contribution >= 0.6 is 0 Å². The third-order valence-electron chi connectivity index (χ3n) is 3.27. The van der Waals surface area contributed by atoms with Gasteiger partial charge in [-0.05, 0) is 53.0 Å². The Bertz CT molecular complexity index is 546. The first-order chi connectivity index (χ1) is 9.12. The van der Waals surface area contributed by atoms with E-state index < -0.39 is 0 Å². The van der Waals surface area contributed by atoms with Crippen molar-refractivity contribution in [2.75, 3.05) is 0 Å². The van der Waals surface area contributed by atoms with Gasteiger partial charge in [0.25, 0.3) is 0 Å². The molecule has 2 rings (SSSR count). The highest BCUT2D eigenvalue weighted by atomic mass is 14.6. The first-order valence-electron chi connectivity index (χ1n) is 7.50. The van der Waals surface area contributed by atoms with Gasteiger partial charge in [-0.25, -0.2) is 0 Å². The molecule has 0 aliphatic heterocycles. The Kier molecular flexibility index (Phi) is 3.90. The van der Waals surface area contributed by atoms with Crippen LogP contribution < -0.4 is 0 Å². The van der Waals surface area contributed by atoms with Crippen molar-refractivity contribution in [3.63, 3.8) is 0 Å². The molecule has 1 aromatic carbocycles. The second-order valence-electron chi connectivity index (χ2n) is 8.35. The van der Waals surface area contributed by atoms with Gasteiger partial charge in [0.1, 0.15) is 0 Å². The SMILES string of the molecule is CC(C)(C)Cc1ccc2ncc(CC(C)(C)C)cc2c1. The molecule has 0 N–H and O–H groups in total. The lowest BCUT2D eigenvalue weighted by atomic mass is 9.87. The lowest BCUT2D eigenvalue weighted by Crippen LogP contribution is -2.10. The van der Waals surface area contributed by atoms with Crippen LogP contribution in [-0.4, -0.2) is 4.98 Å². The second-order valence-corrected chi connectivity index (χ2v) is 8.35. The Hall–Kier alpha value is -1.37. The molecule has 0 saturated carbocycles. The predicted octanol–water partition coefficient (Wildman–Crippen LogP) is 5.41. The van der Waals surface area contributed by atoms with Crippen molar-refractivity contribution < 1.29 is 0 Å². The van der Waals surface area contributed by atoms with Gasteiger partial charge < -0.3 is 0 Å². The average molecular weight is 269 g/mol.